The van der Waals surface area contributed by atoms with Gasteiger partial charge in [-0.15, -0.1) is 15.0 Å². The molecule has 1 aromatic heterocycles. The quantitative estimate of drug-likeness (QED) is 0.271. The first-order valence-electron chi connectivity index (χ1n) is 12.8. The molecule has 4 aromatic rings. The number of carbonyl (C=O) groups excluding carboxylic acids is 2. The smallest absolute Gasteiger partial charge is 0.345 e. The van der Waals surface area contributed by atoms with E-state index in [-0.39, 0.29) is 23.9 Å². The lowest BCUT2D eigenvalue weighted by Crippen LogP contribution is -2.38. The van der Waals surface area contributed by atoms with E-state index in [0.717, 1.165) is 0 Å². The second-order valence-electron chi connectivity index (χ2n) is 8.97. The highest BCUT2D eigenvalue weighted by Crippen LogP contribution is 2.46. The average Bonchev–Trinajstić information content (AvgIpc) is 3.45. The largest absolute Gasteiger partial charge is 0.493 e. The van der Waals surface area contributed by atoms with Crippen molar-refractivity contribution in [2.75, 3.05) is 28.4 Å². The van der Waals surface area contributed by atoms with E-state index in [1.807, 2.05) is 36.4 Å². The number of ether oxygens (including phenoxy) is 6. The summed E-state index contributed by atoms with van der Waals surface area (Å²) in [5, 5.41) is 0. The highest BCUT2D eigenvalue weighted by Gasteiger charge is 2.51. The summed E-state index contributed by atoms with van der Waals surface area (Å²) in [4.78, 5) is 41.4. The predicted octanol–water partition coefficient (Wildman–Crippen LogP) is 3.79. The molecule has 3 aromatic carbocycles. The minimum atomic E-state index is -1.29. The minimum Gasteiger partial charge on any atom is -0.493 e. The standard InChI is InChI=1S/C30H28N4O8/c1-37-21-16-15-20(17-22(21)38-2)26-34(25(35)19-13-9-6-10-14-19)23(18-11-7-5-8-12-18)24(41-26)27(36)42-30-32-28(39-3)31-29(33-30)40-4/h5-17,23-24,26H,1-4H3/t23-,24+,26?/m0/s1. The van der Waals surface area contributed by atoms with Gasteiger partial charge < -0.3 is 28.4 Å². The Morgan fingerprint density at radius 3 is 1.88 bits per heavy atom. The summed E-state index contributed by atoms with van der Waals surface area (Å²) in [6.45, 7) is 0. The molecular weight excluding hydrogens is 544 g/mol. The number of carbonyl (C=O) groups is 2. The third-order valence-corrected chi connectivity index (χ3v) is 6.57. The summed E-state index contributed by atoms with van der Waals surface area (Å²) in [6, 6.07) is 21.5. The van der Waals surface area contributed by atoms with Gasteiger partial charge in [-0.2, -0.15) is 0 Å². The lowest BCUT2D eigenvalue weighted by molar-refractivity contribution is -0.148. The first-order chi connectivity index (χ1) is 20.5. The molecule has 12 nitrogen and oxygen atoms in total. The van der Waals surface area contributed by atoms with Gasteiger partial charge in [-0.3, -0.25) is 9.69 Å². The van der Waals surface area contributed by atoms with Gasteiger partial charge >= 0.3 is 24.0 Å². The lowest BCUT2D eigenvalue weighted by atomic mass is 9.99. The van der Waals surface area contributed by atoms with Crippen LogP contribution in [0.15, 0.2) is 78.9 Å². The molecule has 1 fully saturated rings. The van der Waals surface area contributed by atoms with Crippen LogP contribution in [-0.4, -0.2) is 66.3 Å². The Balaban J connectivity index is 1.61. The van der Waals surface area contributed by atoms with Gasteiger partial charge in [-0.25, -0.2) is 4.79 Å². The number of methoxy groups -OCH3 is 4. The molecule has 3 atom stereocenters. The topological polar surface area (TPSA) is 131 Å². The molecule has 1 aliphatic rings. The Labute approximate surface area is 241 Å². The van der Waals surface area contributed by atoms with Gasteiger partial charge in [0.1, 0.15) is 0 Å². The maximum absolute atomic E-state index is 14.2. The van der Waals surface area contributed by atoms with Crippen LogP contribution in [-0.2, 0) is 9.53 Å². The van der Waals surface area contributed by atoms with Crippen LogP contribution in [0.5, 0.6) is 29.5 Å². The van der Waals surface area contributed by atoms with Gasteiger partial charge in [0.25, 0.3) is 5.91 Å². The summed E-state index contributed by atoms with van der Waals surface area (Å²) in [5.41, 5.74) is 1.61. The lowest BCUT2D eigenvalue weighted by Gasteiger charge is -2.29. The second-order valence-corrected chi connectivity index (χ2v) is 8.97. The van der Waals surface area contributed by atoms with E-state index in [9.17, 15) is 9.59 Å². The molecule has 216 valence electrons. The van der Waals surface area contributed by atoms with Gasteiger partial charge in [-0.05, 0) is 29.8 Å². The fourth-order valence-electron chi connectivity index (χ4n) is 4.65. The van der Waals surface area contributed by atoms with Crippen molar-refractivity contribution in [3.63, 3.8) is 0 Å². The molecule has 12 heteroatoms. The maximum Gasteiger partial charge on any atom is 0.345 e. The Hall–Kier alpha value is -5.23. The Kier molecular flexibility index (Phi) is 8.44. The first kappa shape index (κ1) is 28.3. The summed E-state index contributed by atoms with van der Waals surface area (Å²) in [5.74, 6) is -0.276. The van der Waals surface area contributed by atoms with Crippen molar-refractivity contribution in [1.82, 2.24) is 19.9 Å². The fraction of sp³-hybridized carbons (Fsp3) is 0.233. The zero-order chi connectivity index (χ0) is 29.6. The molecule has 0 saturated carbocycles. The van der Waals surface area contributed by atoms with Crippen molar-refractivity contribution in [3.05, 3.63) is 95.6 Å². The van der Waals surface area contributed by atoms with Crippen LogP contribution >= 0.6 is 0 Å². The molecule has 1 saturated heterocycles. The minimum absolute atomic E-state index is 0.110. The zero-order valence-electron chi connectivity index (χ0n) is 23.3. The first-order valence-corrected chi connectivity index (χ1v) is 12.8. The van der Waals surface area contributed by atoms with E-state index >= 15 is 0 Å². The molecule has 0 spiro atoms. The van der Waals surface area contributed by atoms with E-state index in [4.69, 9.17) is 28.4 Å². The van der Waals surface area contributed by atoms with E-state index in [1.54, 1.807) is 42.5 Å². The normalized spacial score (nSPS) is 17.8. The van der Waals surface area contributed by atoms with Crippen molar-refractivity contribution < 1.29 is 38.0 Å². The number of aromatic nitrogens is 3. The third kappa shape index (κ3) is 5.65. The zero-order valence-corrected chi connectivity index (χ0v) is 23.3. The average molecular weight is 573 g/mol. The van der Waals surface area contributed by atoms with Crippen molar-refractivity contribution in [2.45, 2.75) is 18.4 Å². The van der Waals surface area contributed by atoms with Crippen LogP contribution in [0.1, 0.15) is 33.8 Å². The van der Waals surface area contributed by atoms with Gasteiger partial charge in [0, 0.05) is 11.1 Å². The molecule has 0 radical (unpaired) electrons. The van der Waals surface area contributed by atoms with E-state index in [1.165, 1.54) is 33.3 Å². The monoisotopic (exact) mass is 572 g/mol. The summed E-state index contributed by atoms with van der Waals surface area (Å²) in [6.07, 6.45) is -2.30. The van der Waals surface area contributed by atoms with E-state index < -0.39 is 24.3 Å². The molecule has 42 heavy (non-hydrogen) atoms. The summed E-state index contributed by atoms with van der Waals surface area (Å²) in [7, 11) is 5.74. The molecular formula is C30H28N4O8. The van der Waals surface area contributed by atoms with E-state index in [2.05, 4.69) is 15.0 Å². The Morgan fingerprint density at radius 2 is 1.29 bits per heavy atom. The van der Waals surface area contributed by atoms with Gasteiger partial charge in [-0.1, -0.05) is 54.6 Å². The van der Waals surface area contributed by atoms with E-state index in [0.29, 0.717) is 28.2 Å². The number of benzene rings is 3. The number of hydrogen-bond acceptors (Lipinski definition) is 11. The predicted molar refractivity (Wildman–Crippen MR) is 148 cm³/mol. The number of nitrogens with zero attached hydrogens (tertiary/aromatic N) is 4. The molecule has 0 N–H and O–H groups in total. The molecule has 1 unspecified atom stereocenters. The maximum atomic E-state index is 14.2. The number of hydrogen-bond donors (Lipinski definition) is 0. The number of esters is 1. The van der Waals surface area contributed by atoms with Crippen molar-refractivity contribution in [3.8, 4) is 29.5 Å². The van der Waals surface area contributed by atoms with Crippen LogP contribution in [0.25, 0.3) is 0 Å². The Morgan fingerprint density at radius 1 is 0.690 bits per heavy atom. The van der Waals surface area contributed by atoms with Crippen LogP contribution in [0.4, 0.5) is 0 Å². The van der Waals surface area contributed by atoms with Gasteiger partial charge in [0.2, 0.25) is 0 Å². The highest BCUT2D eigenvalue weighted by molar-refractivity contribution is 5.95. The Bertz CT molecular complexity index is 1530. The van der Waals surface area contributed by atoms with Crippen LogP contribution in [0.3, 0.4) is 0 Å². The SMILES string of the molecule is COc1nc(OC)nc(OC(=O)[C@@H]2OC(c3ccc(OC)c(OC)c3)N(C(=O)c3ccccc3)[C@H]2c2ccccc2)n1. The number of rotatable bonds is 9. The molecule has 2 heterocycles. The molecule has 0 aliphatic carbocycles. The van der Waals surface area contributed by atoms with Crippen molar-refractivity contribution in [1.29, 1.82) is 0 Å². The molecule has 1 aliphatic heterocycles. The van der Waals surface area contributed by atoms with Crippen LogP contribution in [0.2, 0.25) is 0 Å². The summed E-state index contributed by atoms with van der Waals surface area (Å²) >= 11 is 0. The second kappa shape index (κ2) is 12.5. The van der Waals surface area contributed by atoms with Crippen LogP contribution < -0.4 is 23.7 Å². The van der Waals surface area contributed by atoms with Crippen molar-refractivity contribution >= 4 is 11.9 Å². The highest BCUT2D eigenvalue weighted by atomic mass is 16.6. The third-order valence-electron chi connectivity index (χ3n) is 6.57. The van der Waals surface area contributed by atoms with Crippen LogP contribution in [0, 0.1) is 0 Å². The molecule has 0 bridgehead atoms. The van der Waals surface area contributed by atoms with Gasteiger partial charge in [0.05, 0.1) is 34.5 Å². The van der Waals surface area contributed by atoms with Gasteiger partial charge in [0.15, 0.2) is 23.8 Å². The number of amides is 1. The molecule has 1 amide bonds. The molecule has 5 rings (SSSR count). The fourth-order valence-corrected chi connectivity index (χ4v) is 4.65. The summed E-state index contributed by atoms with van der Waals surface area (Å²) < 4.78 is 33.0. The van der Waals surface area contributed by atoms with Crippen molar-refractivity contribution in [2.24, 2.45) is 0 Å².